The van der Waals surface area contributed by atoms with Crippen molar-refractivity contribution in [1.29, 1.82) is 5.26 Å². The van der Waals surface area contributed by atoms with Crippen LogP contribution in [0, 0.1) is 17.1 Å². The Morgan fingerprint density at radius 2 is 2.00 bits per heavy atom. The van der Waals surface area contributed by atoms with E-state index in [0.29, 0.717) is 27.3 Å². The highest BCUT2D eigenvalue weighted by atomic mass is 32.2. The van der Waals surface area contributed by atoms with E-state index in [1.807, 2.05) is 0 Å². The van der Waals surface area contributed by atoms with E-state index in [1.165, 1.54) is 35.2 Å². The van der Waals surface area contributed by atoms with Crippen LogP contribution in [0.15, 0.2) is 52.9 Å². The van der Waals surface area contributed by atoms with Gasteiger partial charge in [0, 0.05) is 6.54 Å². The van der Waals surface area contributed by atoms with Gasteiger partial charge in [0.25, 0.3) is 0 Å². The van der Waals surface area contributed by atoms with Gasteiger partial charge in [0.05, 0.1) is 16.5 Å². The van der Waals surface area contributed by atoms with Gasteiger partial charge in [-0.1, -0.05) is 47.4 Å². The van der Waals surface area contributed by atoms with E-state index < -0.39 is 5.25 Å². The lowest BCUT2D eigenvalue weighted by Gasteiger charge is -2.11. The first kappa shape index (κ1) is 19.8. The van der Waals surface area contributed by atoms with Crippen LogP contribution in [0.25, 0.3) is 0 Å². The number of aromatic nitrogens is 2. The molecule has 0 unspecified atom stereocenters. The van der Waals surface area contributed by atoms with Crippen LogP contribution < -0.4 is 10.6 Å². The third-order valence-corrected chi connectivity index (χ3v) is 5.78. The number of benzene rings is 2. The number of anilines is 2. The zero-order valence-corrected chi connectivity index (χ0v) is 16.5. The molecule has 142 valence electrons. The van der Waals surface area contributed by atoms with E-state index in [4.69, 9.17) is 5.26 Å². The molecule has 6 nitrogen and oxygen atoms in total. The van der Waals surface area contributed by atoms with Crippen LogP contribution >= 0.6 is 23.1 Å². The monoisotopic (exact) mass is 413 g/mol. The van der Waals surface area contributed by atoms with Gasteiger partial charge in [-0.05, 0) is 36.8 Å². The first-order valence-electron chi connectivity index (χ1n) is 8.33. The number of nitriles is 1. The van der Waals surface area contributed by atoms with E-state index in [2.05, 4.69) is 26.9 Å². The molecular weight excluding hydrogens is 397 g/mol. The molecule has 3 aromatic rings. The highest BCUT2D eigenvalue weighted by Gasteiger charge is 2.18. The lowest BCUT2D eigenvalue weighted by Crippen LogP contribution is -2.22. The lowest BCUT2D eigenvalue weighted by atomic mass is 10.2. The fourth-order valence-corrected chi connectivity index (χ4v) is 4.13. The smallest absolute Gasteiger partial charge is 0.237 e. The second-order valence-electron chi connectivity index (χ2n) is 5.76. The van der Waals surface area contributed by atoms with Crippen molar-refractivity contribution in [2.75, 3.05) is 10.6 Å². The normalized spacial score (nSPS) is 11.5. The molecule has 3 rings (SSSR count). The maximum Gasteiger partial charge on any atom is 0.237 e. The summed E-state index contributed by atoms with van der Waals surface area (Å²) in [5, 5.41) is 23.4. The Labute approximate surface area is 169 Å². The predicted molar refractivity (Wildman–Crippen MR) is 109 cm³/mol. The van der Waals surface area contributed by atoms with E-state index in [-0.39, 0.29) is 11.7 Å². The molecule has 1 amide bonds. The van der Waals surface area contributed by atoms with Crippen LogP contribution in [-0.2, 0) is 11.3 Å². The lowest BCUT2D eigenvalue weighted by molar-refractivity contribution is -0.115. The third kappa shape index (κ3) is 5.28. The van der Waals surface area contributed by atoms with Crippen LogP contribution in [0.1, 0.15) is 18.1 Å². The first-order valence-corrected chi connectivity index (χ1v) is 10.0. The van der Waals surface area contributed by atoms with Gasteiger partial charge in [0.1, 0.15) is 11.9 Å². The van der Waals surface area contributed by atoms with Crippen LogP contribution in [0.3, 0.4) is 0 Å². The zero-order chi connectivity index (χ0) is 19.9. The molecule has 1 aromatic heterocycles. The zero-order valence-electron chi connectivity index (χ0n) is 14.8. The van der Waals surface area contributed by atoms with Crippen molar-refractivity contribution in [3.63, 3.8) is 0 Å². The molecule has 1 atom stereocenters. The summed E-state index contributed by atoms with van der Waals surface area (Å²) in [6.45, 7) is 2.27. The van der Waals surface area contributed by atoms with E-state index in [9.17, 15) is 9.18 Å². The summed E-state index contributed by atoms with van der Waals surface area (Å²) in [4.78, 5) is 12.4. The summed E-state index contributed by atoms with van der Waals surface area (Å²) in [6, 6.07) is 15.1. The van der Waals surface area contributed by atoms with Gasteiger partial charge < -0.3 is 10.6 Å². The number of nitrogens with one attached hydrogen (secondary N) is 2. The summed E-state index contributed by atoms with van der Waals surface area (Å²) in [7, 11) is 0. The molecule has 0 aliphatic carbocycles. The molecule has 0 fully saturated rings. The quantitative estimate of drug-likeness (QED) is 0.562. The maximum absolute atomic E-state index is 12.9. The second-order valence-corrected chi connectivity index (χ2v) is 8.33. The van der Waals surface area contributed by atoms with Crippen molar-refractivity contribution < 1.29 is 9.18 Å². The summed E-state index contributed by atoms with van der Waals surface area (Å²) in [5.41, 5.74) is 1.83. The van der Waals surface area contributed by atoms with Gasteiger partial charge in [-0.25, -0.2) is 4.39 Å². The summed E-state index contributed by atoms with van der Waals surface area (Å²) in [5.74, 6) is -0.494. The van der Waals surface area contributed by atoms with Gasteiger partial charge >= 0.3 is 0 Å². The molecule has 0 spiro atoms. The number of nitrogens with zero attached hydrogens (tertiary/aromatic N) is 3. The first-order chi connectivity index (χ1) is 13.5. The van der Waals surface area contributed by atoms with Gasteiger partial charge in [0.15, 0.2) is 4.34 Å². The molecule has 0 saturated carbocycles. The van der Waals surface area contributed by atoms with Crippen LogP contribution in [0.5, 0.6) is 0 Å². The van der Waals surface area contributed by atoms with Crippen LogP contribution in [-0.4, -0.2) is 21.4 Å². The van der Waals surface area contributed by atoms with Crippen molar-refractivity contribution >= 4 is 39.8 Å². The van der Waals surface area contributed by atoms with Crippen molar-refractivity contribution in [3.8, 4) is 6.07 Å². The van der Waals surface area contributed by atoms with E-state index in [0.717, 1.165) is 5.56 Å². The number of thioether (sulfide) groups is 1. The molecule has 9 heteroatoms. The summed E-state index contributed by atoms with van der Waals surface area (Å²) >= 11 is 2.63. The SMILES string of the molecule is C[C@H](Sc1nnc(NCc2ccc(F)cc2)s1)C(=O)Nc1ccccc1C#N. The average Bonchev–Trinajstić information content (AvgIpc) is 3.15. The number of amides is 1. The number of hydrogen-bond donors (Lipinski definition) is 2. The minimum Gasteiger partial charge on any atom is -0.356 e. The molecule has 0 radical (unpaired) electrons. The van der Waals surface area contributed by atoms with Gasteiger partial charge in [-0.15, -0.1) is 10.2 Å². The highest BCUT2D eigenvalue weighted by molar-refractivity contribution is 8.02. The van der Waals surface area contributed by atoms with Crippen molar-refractivity contribution in [2.24, 2.45) is 0 Å². The Hall–Kier alpha value is -2.96. The largest absolute Gasteiger partial charge is 0.356 e. The number of carbonyl (C=O) groups excluding carboxylic acids is 1. The number of carbonyl (C=O) groups is 1. The third-order valence-electron chi connectivity index (χ3n) is 3.72. The highest BCUT2D eigenvalue weighted by Crippen LogP contribution is 2.30. The molecular formula is C19H16FN5OS2. The van der Waals surface area contributed by atoms with Crippen LogP contribution in [0.2, 0.25) is 0 Å². The number of halogens is 1. The summed E-state index contributed by atoms with van der Waals surface area (Å²) < 4.78 is 13.6. The van der Waals surface area contributed by atoms with Gasteiger partial charge in [0.2, 0.25) is 11.0 Å². The Morgan fingerprint density at radius 1 is 1.25 bits per heavy atom. The average molecular weight is 414 g/mol. The van der Waals surface area contributed by atoms with Gasteiger partial charge in [-0.2, -0.15) is 5.26 Å². The Bertz CT molecular complexity index is 1000. The van der Waals surface area contributed by atoms with Crippen molar-refractivity contribution in [1.82, 2.24) is 10.2 Å². The van der Waals surface area contributed by atoms with E-state index >= 15 is 0 Å². The second kappa shape index (κ2) is 9.30. The van der Waals surface area contributed by atoms with Crippen molar-refractivity contribution in [2.45, 2.75) is 23.1 Å². The standard InChI is InChI=1S/C19H16FN5OS2/c1-12(17(26)23-16-5-3-2-4-14(16)10-21)27-19-25-24-18(28-19)22-11-13-6-8-15(20)9-7-13/h2-9,12H,11H2,1H3,(H,22,24)(H,23,26)/t12-/m0/s1. The number of rotatable bonds is 7. The van der Waals surface area contributed by atoms with Crippen LogP contribution in [0.4, 0.5) is 15.2 Å². The predicted octanol–water partition coefficient (Wildman–Crippen LogP) is 4.28. The summed E-state index contributed by atoms with van der Waals surface area (Å²) in [6.07, 6.45) is 0. The molecule has 2 aromatic carbocycles. The molecule has 1 heterocycles. The van der Waals surface area contributed by atoms with E-state index in [1.54, 1.807) is 43.3 Å². The minimum absolute atomic E-state index is 0.219. The molecule has 0 aliphatic heterocycles. The fourth-order valence-electron chi connectivity index (χ4n) is 2.24. The molecule has 2 N–H and O–H groups in total. The Balaban J connectivity index is 1.54. The van der Waals surface area contributed by atoms with Crippen molar-refractivity contribution in [3.05, 3.63) is 65.5 Å². The topological polar surface area (TPSA) is 90.7 Å². The minimum atomic E-state index is -0.412. The molecule has 28 heavy (non-hydrogen) atoms. The number of hydrogen-bond acceptors (Lipinski definition) is 7. The number of para-hydroxylation sites is 1. The maximum atomic E-state index is 12.9. The fraction of sp³-hybridized carbons (Fsp3) is 0.158. The molecule has 0 saturated heterocycles. The Kier molecular flexibility index (Phi) is 6.57. The molecule has 0 bridgehead atoms. The Morgan fingerprint density at radius 3 is 2.75 bits per heavy atom. The molecule has 0 aliphatic rings. The van der Waals surface area contributed by atoms with Gasteiger partial charge in [-0.3, -0.25) is 4.79 Å².